The van der Waals surface area contributed by atoms with E-state index in [4.69, 9.17) is 9.47 Å². The van der Waals surface area contributed by atoms with Crippen LogP contribution in [-0.2, 0) is 0 Å². The van der Waals surface area contributed by atoms with Gasteiger partial charge in [-0.15, -0.1) is 0 Å². The summed E-state index contributed by atoms with van der Waals surface area (Å²) in [5, 5.41) is 12.2. The number of phenolic OH excluding ortho intramolecular Hbond substituents is 1. The molecule has 3 rings (SSSR count). The molecule has 4 nitrogen and oxygen atoms in total. The quantitative estimate of drug-likeness (QED) is 0.731. The van der Waals surface area contributed by atoms with Gasteiger partial charge in [0.25, 0.3) is 0 Å². The molecule has 0 aliphatic rings. The fraction of sp³-hybridized carbons (Fsp3) is 0.105. The molecular formula is C19H17NO3. The van der Waals surface area contributed by atoms with Gasteiger partial charge >= 0.3 is 0 Å². The van der Waals surface area contributed by atoms with Gasteiger partial charge in [0.1, 0.15) is 22.9 Å². The van der Waals surface area contributed by atoms with Crippen molar-refractivity contribution in [1.82, 2.24) is 0 Å². The Balaban J connectivity index is 1.99. The summed E-state index contributed by atoms with van der Waals surface area (Å²) in [7, 11) is 3.19. The number of rotatable bonds is 4. The number of nitrogens with zero attached hydrogens (tertiary/aromatic N) is 1. The summed E-state index contributed by atoms with van der Waals surface area (Å²) in [6, 6.07) is 16.9. The third-order valence-corrected chi connectivity index (χ3v) is 3.66. The standard InChI is InChI=1S/C19H17NO3/c1-22-15-9-10-17(18(11-15)23-2)20-12-14-8-7-13-5-3-4-6-16(13)19(14)21/h3-12,21H,1-2H3. The van der Waals surface area contributed by atoms with Gasteiger partial charge in [-0.1, -0.05) is 30.3 Å². The predicted molar refractivity (Wildman–Crippen MR) is 92.4 cm³/mol. The van der Waals surface area contributed by atoms with E-state index in [1.807, 2.05) is 48.5 Å². The Morgan fingerprint density at radius 3 is 2.57 bits per heavy atom. The van der Waals surface area contributed by atoms with Crippen LogP contribution in [0.5, 0.6) is 17.2 Å². The molecular weight excluding hydrogens is 290 g/mol. The van der Waals surface area contributed by atoms with E-state index in [0.717, 1.165) is 10.8 Å². The zero-order chi connectivity index (χ0) is 16.2. The van der Waals surface area contributed by atoms with Crippen molar-refractivity contribution in [2.45, 2.75) is 0 Å². The molecule has 0 unspecified atom stereocenters. The first kappa shape index (κ1) is 14.9. The molecule has 23 heavy (non-hydrogen) atoms. The van der Waals surface area contributed by atoms with E-state index in [2.05, 4.69) is 4.99 Å². The first-order chi connectivity index (χ1) is 11.2. The largest absolute Gasteiger partial charge is 0.507 e. The Labute approximate surface area is 134 Å². The molecule has 4 heteroatoms. The molecule has 116 valence electrons. The third-order valence-electron chi connectivity index (χ3n) is 3.66. The number of ether oxygens (including phenoxy) is 2. The zero-order valence-corrected chi connectivity index (χ0v) is 13.0. The second-order valence-corrected chi connectivity index (χ2v) is 5.02. The average Bonchev–Trinajstić information content (AvgIpc) is 2.61. The number of aromatic hydroxyl groups is 1. The van der Waals surface area contributed by atoms with Crippen molar-refractivity contribution in [3.05, 3.63) is 60.2 Å². The van der Waals surface area contributed by atoms with Gasteiger partial charge in [0, 0.05) is 23.2 Å². The van der Waals surface area contributed by atoms with Crippen LogP contribution in [0.4, 0.5) is 5.69 Å². The molecule has 0 saturated carbocycles. The molecule has 3 aromatic carbocycles. The van der Waals surface area contributed by atoms with Gasteiger partial charge in [-0.2, -0.15) is 0 Å². The Morgan fingerprint density at radius 2 is 1.78 bits per heavy atom. The number of benzene rings is 3. The maximum atomic E-state index is 10.4. The van der Waals surface area contributed by atoms with Gasteiger partial charge in [0.05, 0.1) is 14.2 Å². The monoisotopic (exact) mass is 307 g/mol. The highest BCUT2D eigenvalue weighted by molar-refractivity contribution is 5.97. The van der Waals surface area contributed by atoms with Crippen molar-refractivity contribution in [2.75, 3.05) is 14.2 Å². The fourth-order valence-corrected chi connectivity index (χ4v) is 2.41. The van der Waals surface area contributed by atoms with E-state index in [1.54, 1.807) is 26.5 Å². The molecule has 0 bridgehead atoms. The number of methoxy groups -OCH3 is 2. The molecule has 0 spiro atoms. The highest BCUT2D eigenvalue weighted by atomic mass is 16.5. The maximum absolute atomic E-state index is 10.4. The number of aliphatic imine (C=N–C) groups is 1. The molecule has 0 aliphatic heterocycles. The second-order valence-electron chi connectivity index (χ2n) is 5.02. The van der Waals surface area contributed by atoms with Crippen molar-refractivity contribution >= 4 is 22.7 Å². The normalized spacial score (nSPS) is 11.0. The lowest BCUT2D eigenvalue weighted by Gasteiger charge is -2.07. The molecule has 0 aromatic heterocycles. The third kappa shape index (κ3) is 2.97. The lowest BCUT2D eigenvalue weighted by molar-refractivity contribution is 0.395. The highest BCUT2D eigenvalue weighted by Gasteiger charge is 2.06. The molecule has 0 radical (unpaired) electrons. The summed E-state index contributed by atoms with van der Waals surface area (Å²) in [6.07, 6.45) is 1.63. The molecule has 1 N–H and O–H groups in total. The Bertz CT molecular complexity index is 872. The van der Waals surface area contributed by atoms with Gasteiger partial charge < -0.3 is 14.6 Å². The summed E-state index contributed by atoms with van der Waals surface area (Å²) in [5.74, 6) is 1.54. The van der Waals surface area contributed by atoms with Crippen molar-refractivity contribution < 1.29 is 14.6 Å². The van der Waals surface area contributed by atoms with Gasteiger partial charge in [-0.3, -0.25) is 4.99 Å². The van der Waals surface area contributed by atoms with E-state index in [9.17, 15) is 5.11 Å². The van der Waals surface area contributed by atoms with Crippen LogP contribution in [0, 0.1) is 0 Å². The number of hydrogen-bond acceptors (Lipinski definition) is 4. The number of phenols is 1. The average molecular weight is 307 g/mol. The first-order valence-electron chi connectivity index (χ1n) is 7.19. The fourth-order valence-electron chi connectivity index (χ4n) is 2.41. The SMILES string of the molecule is COc1ccc(N=Cc2ccc3ccccc3c2O)c(OC)c1. The van der Waals surface area contributed by atoms with Gasteiger partial charge in [0.15, 0.2) is 0 Å². The maximum Gasteiger partial charge on any atom is 0.148 e. The van der Waals surface area contributed by atoms with Crippen molar-refractivity contribution in [1.29, 1.82) is 0 Å². The summed E-state index contributed by atoms with van der Waals surface area (Å²) >= 11 is 0. The smallest absolute Gasteiger partial charge is 0.148 e. The van der Waals surface area contributed by atoms with Crippen molar-refractivity contribution in [3.63, 3.8) is 0 Å². The van der Waals surface area contributed by atoms with Crippen LogP contribution in [-0.4, -0.2) is 25.5 Å². The van der Waals surface area contributed by atoms with Crippen LogP contribution in [0.2, 0.25) is 0 Å². The Kier molecular flexibility index (Phi) is 4.15. The first-order valence-corrected chi connectivity index (χ1v) is 7.19. The van der Waals surface area contributed by atoms with E-state index in [0.29, 0.717) is 22.7 Å². The van der Waals surface area contributed by atoms with Gasteiger partial charge in [-0.05, 0) is 23.6 Å². The van der Waals surface area contributed by atoms with Crippen LogP contribution < -0.4 is 9.47 Å². The Morgan fingerprint density at radius 1 is 0.957 bits per heavy atom. The molecule has 0 atom stereocenters. The highest BCUT2D eigenvalue weighted by Crippen LogP contribution is 2.32. The molecule has 3 aromatic rings. The van der Waals surface area contributed by atoms with Crippen LogP contribution in [0.25, 0.3) is 10.8 Å². The van der Waals surface area contributed by atoms with Crippen molar-refractivity contribution in [2.24, 2.45) is 4.99 Å². The molecule has 0 aliphatic carbocycles. The van der Waals surface area contributed by atoms with Gasteiger partial charge in [0.2, 0.25) is 0 Å². The minimum Gasteiger partial charge on any atom is -0.507 e. The second kappa shape index (κ2) is 6.40. The van der Waals surface area contributed by atoms with E-state index in [1.165, 1.54) is 0 Å². The van der Waals surface area contributed by atoms with Crippen LogP contribution in [0.3, 0.4) is 0 Å². The number of hydrogen-bond donors (Lipinski definition) is 1. The summed E-state index contributed by atoms with van der Waals surface area (Å²) in [4.78, 5) is 4.42. The lowest BCUT2D eigenvalue weighted by atomic mass is 10.1. The Hall–Kier alpha value is -3.01. The summed E-state index contributed by atoms with van der Waals surface area (Å²) in [6.45, 7) is 0. The molecule has 0 heterocycles. The molecule has 0 saturated heterocycles. The number of fused-ring (bicyclic) bond motifs is 1. The van der Waals surface area contributed by atoms with Crippen LogP contribution in [0.15, 0.2) is 59.6 Å². The van der Waals surface area contributed by atoms with Crippen LogP contribution >= 0.6 is 0 Å². The van der Waals surface area contributed by atoms with E-state index < -0.39 is 0 Å². The zero-order valence-electron chi connectivity index (χ0n) is 13.0. The minimum atomic E-state index is 0.222. The van der Waals surface area contributed by atoms with Crippen molar-refractivity contribution in [3.8, 4) is 17.2 Å². The van der Waals surface area contributed by atoms with E-state index in [-0.39, 0.29) is 5.75 Å². The predicted octanol–water partition coefficient (Wildman–Crippen LogP) is 4.31. The molecule has 0 amide bonds. The molecule has 0 fully saturated rings. The summed E-state index contributed by atoms with van der Waals surface area (Å²) < 4.78 is 10.5. The summed E-state index contributed by atoms with van der Waals surface area (Å²) in [5.41, 5.74) is 1.32. The van der Waals surface area contributed by atoms with E-state index >= 15 is 0 Å². The lowest BCUT2D eigenvalue weighted by Crippen LogP contribution is -1.88. The van der Waals surface area contributed by atoms with Gasteiger partial charge in [-0.25, -0.2) is 0 Å². The van der Waals surface area contributed by atoms with Crippen LogP contribution in [0.1, 0.15) is 5.56 Å². The minimum absolute atomic E-state index is 0.222. The topological polar surface area (TPSA) is 51.0 Å².